The maximum atomic E-state index is 13.0. The zero-order valence-electron chi connectivity index (χ0n) is 19.5. The van der Waals surface area contributed by atoms with Gasteiger partial charge in [0.05, 0.1) is 6.04 Å². The van der Waals surface area contributed by atoms with E-state index in [1.807, 2.05) is 6.07 Å². The van der Waals surface area contributed by atoms with E-state index in [0.29, 0.717) is 0 Å². The number of nitrogens with two attached hydrogens (primary N) is 2. The molecule has 0 unspecified atom stereocenters. The minimum Gasteiger partial charge on any atom is -0.508 e. The second kappa shape index (κ2) is 14.4. The Hall–Kier alpha value is -3.22. The number of rotatable bonds is 13. The number of benzene rings is 2. The fraction of sp³-hybridized carbons (Fsp3) is 0.333. The zero-order valence-corrected chi connectivity index (χ0v) is 21.3. The Morgan fingerprint density at radius 1 is 0.722 bits per heavy atom. The summed E-state index contributed by atoms with van der Waals surface area (Å²) in [6.45, 7) is 0. The van der Waals surface area contributed by atoms with Crippen molar-refractivity contribution in [2.24, 2.45) is 11.5 Å². The van der Waals surface area contributed by atoms with E-state index in [9.17, 15) is 24.3 Å². The third-order valence-electron chi connectivity index (χ3n) is 5.30. The van der Waals surface area contributed by atoms with Gasteiger partial charge in [0.25, 0.3) is 0 Å². The van der Waals surface area contributed by atoms with Gasteiger partial charge in [0.1, 0.15) is 23.9 Å². The van der Waals surface area contributed by atoms with Crippen molar-refractivity contribution in [2.75, 3.05) is 11.5 Å². The molecular formula is C24H31N5O5S2. The lowest BCUT2D eigenvalue weighted by Crippen LogP contribution is -2.58. The second-order valence-corrected chi connectivity index (χ2v) is 8.85. The van der Waals surface area contributed by atoms with Crippen LogP contribution in [0.2, 0.25) is 0 Å². The Kier molecular flexibility index (Phi) is 11.6. The van der Waals surface area contributed by atoms with Crippen LogP contribution in [0.3, 0.4) is 0 Å². The topological polar surface area (TPSA) is 177 Å². The van der Waals surface area contributed by atoms with Crippen LogP contribution in [-0.4, -0.2) is 64.4 Å². The summed E-state index contributed by atoms with van der Waals surface area (Å²) >= 11 is 8.19. The summed E-state index contributed by atoms with van der Waals surface area (Å²) in [6, 6.07) is 11.1. The number of hydrogen-bond acceptors (Lipinski definition) is 8. The molecule has 2 rings (SSSR count). The quantitative estimate of drug-likeness (QED) is 0.158. The highest BCUT2D eigenvalue weighted by atomic mass is 32.1. The van der Waals surface area contributed by atoms with E-state index in [1.165, 1.54) is 12.1 Å². The van der Waals surface area contributed by atoms with E-state index >= 15 is 0 Å². The van der Waals surface area contributed by atoms with Gasteiger partial charge in [0, 0.05) is 17.9 Å². The molecule has 0 aromatic heterocycles. The van der Waals surface area contributed by atoms with Crippen molar-refractivity contribution in [3.05, 3.63) is 65.7 Å². The van der Waals surface area contributed by atoms with E-state index < -0.39 is 47.8 Å². The lowest BCUT2D eigenvalue weighted by molar-refractivity contribution is -0.133. The van der Waals surface area contributed by atoms with Crippen LogP contribution in [-0.2, 0) is 32.0 Å². The molecule has 8 N–H and O–H groups in total. The van der Waals surface area contributed by atoms with Gasteiger partial charge in [-0.15, -0.1) is 0 Å². The number of amides is 4. The lowest BCUT2D eigenvalue weighted by Gasteiger charge is -2.24. The summed E-state index contributed by atoms with van der Waals surface area (Å²) in [5.41, 5.74) is 12.8. The van der Waals surface area contributed by atoms with Gasteiger partial charge in [0.2, 0.25) is 23.6 Å². The van der Waals surface area contributed by atoms with Crippen molar-refractivity contribution in [3.8, 4) is 5.75 Å². The number of phenolic OH excluding ortho intramolecular Hbond substituents is 1. The maximum absolute atomic E-state index is 13.0. The largest absolute Gasteiger partial charge is 0.508 e. The molecular weight excluding hydrogens is 502 g/mol. The minimum absolute atomic E-state index is 0.0126. The predicted molar refractivity (Wildman–Crippen MR) is 143 cm³/mol. The fourth-order valence-electron chi connectivity index (χ4n) is 3.26. The van der Waals surface area contributed by atoms with Crippen LogP contribution in [0.5, 0.6) is 5.75 Å². The Labute approximate surface area is 220 Å². The zero-order chi connectivity index (χ0) is 26.7. The molecule has 0 bridgehead atoms. The molecule has 2 aromatic rings. The highest BCUT2D eigenvalue weighted by molar-refractivity contribution is 7.80. The molecule has 0 radical (unpaired) electrons. The third-order valence-corrected chi connectivity index (χ3v) is 6.03. The first-order chi connectivity index (χ1) is 17.1. The molecule has 0 aliphatic heterocycles. The Morgan fingerprint density at radius 3 is 1.78 bits per heavy atom. The highest BCUT2D eigenvalue weighted by Crippen LogP contribution is 2.11. The van der Waals surface area contributed by atoms with Crippen molar-refractivity contribution in [1.82, 2.24) is 16.0 Å². The Balaban J connectivity index is 2.08. The number of carbonyl (C=O) groups is 4. The van der Waals surface area contributed by atoms with Gasteiger partial charge in [-0.2, -0.15) is 25.3 Å². The molecule has 36 heavy (non-hydrogen) atoms. The van der Waals surface area contributed by atoms with E-state index in [4.69, 9.17) is 11.5 Å². The van der Waals surface area contributed by atoms with Crippen LogP contribution in [0.25, 0.3) is 0 Å². The minimum atomic E-state index is -1.07. The first kappa shape index (κ1) is 29.0. The molecule has 10 nitrogen and oxygen atoms in total. The first-order valence-corrected chi connectivity index (χ1v) is 12.4. The van der Waals surface area contributed by atoms with Gasteiger partial charge in [0.15, 0.2) is 0 Å². The summed E-state index contributed by atoms with van der Waals surface area (Å²) in [6.07, 6.45) is 0.314. The third kappa shape index (κ3) is 9.10. The summed E-state index contributed by atoms with van der Waals surface area (Å²) in [5, 5.41) is 17.1. The van der Waals surface area contributed by atoms with Gasteiger partial charge in [-0.05, 0) is 29.7 Å². The summed E-state index contributed by atoms with van der Waals surface area (Å²) in [7, 11) is 0. The standard InChI is InChI=1S/C24H31N5O5S2/c25-17(10-15-6-8-16(30)9-7-15)22(32)29-20(13-36)24(34)27-18(11-14-4-2-1-3-5-14)23(33)28-19(12-35)21(26)31/h1-9,17-20,30,35-36H,10-13,25H2,(H2,26,31)(H,27,34)(H,28,33)(H,29,32)/t17-,18-,19+,20+/m0/s1. The van der Waals surface area contributed by atoms with Gasteiger partial charge < -0.3 is 32.5 Å². The highest BCUT2D eigenvalue weighted by Gasteiger charge is 2.29. The van der Waals surface area contributed by atoms with Crippen LogP contribution in [0.1, 0.15) is 11.1 Å². The molecule has 0 spiro atoms. The van der Waals surface area contributed by atoms with Gasteiger partial charge in [-0.3, -0.25) is 19.2 Å². The van der Waals surface area contributed by atoms with Crippen LogP contribution in [0.4, 0.5) is 0 Å². The smallest absolute Gasteiger partial charge is 0.244 e. The Morgan fingerprint density at radius 2 is 1.22 bits per heavy atom. The van der Waals surface area contributed by atoms with Crippen molar-refractivity contribution in [2.45, 2.75) is 37.0 Å². The lowest BCUT2D eigenvalue weighted by atomic mass is 10.0. The molecule has 0 saturated heterocycles. The molecule has 12 heteroatoms. The average molecular weight is 534 g/mol. The van der Waals surface area contributed by atoms with Crippen molar-refractivity contribution in [3.63, 3.8) is 0 Å². The first-order valence-electron chi connectivity index (χ1n) is 11.1. The number of nitrogens with one attached hydrogen (secondary N) is 3. The van der Waals surface area contributed by atoms with E-state index in [0.717, 1.165) is 11.1 Å². The van der Waals surface area contributed by atoms with E-state index in [1.54, 1.807) is 36.4 Å². The van der Waals surface area contributed by atoms with Crippen molar-refractivity contribution in [1.29, 1.82) is 0 Å². The SMILES string of the molecule is NC(=O)[C@@H](CS)NC(=O)[C@H](Cc1ccccc1)NC(=O)[C@@H](CS)NC(=O)[C@@H](N)Cc1ccc(O)cc1. The number of carbonyl (C=O) groups excluding carboxylic acids is 4. The second-order valence-electron chi connectivity index (χ2n) is 8.12. The summed E-state index contributed by atoms with van der Waals surface area (Å²) < 4.78 is 0. The Bertz CT molecular complexity index is 1040. The van der Waals surface area contributed by atoms with E-state index in [-0.39, 0.29) is 30.1 Å². The molecule has 4 amide bonds. The molecule has 0 aliphatic carbocycles. The molecule has 194 valence electrons. The van der Waals surface area contributed by atoms with Crippen molar-refractivity contribution < 1.29 is 24.3 Å². The van der Waals surface area contributed by atoms with Gasteiger partial charge in [-0.25, -0.2) is 0 Å². The molecule has 2 aromatic carbocycles. The molecule has 0 fully saturated rings. The molecule has 0 aliphatic rings. The number of thiol groups is 2. The van der Waals surface area contributed by atoms with Crippen LogP contribution in [0, 0.1) is 0 Å². The normalized spacial score (nSPS) is 14.1. The van der Waals surface area contributed by atoms with Crippen LogP contribution in [0.15, 0.2) is 54.6 Å². The summed E-state index contributed by atoms with van der Waals surface area (Å²) in [4.78, 5) is 50.1. The number of hydrogen-bond donors (Lipinski definition) is 8. The van der Waals surface area contributed by atoms with Crippen molar-refractivity contribution >= 4 is 48.9 Å². The monoisotopic (exact) mass is 533 g/mol. The average Bonchev–Trinajstić information content (AvgIpc) is 2.86. The molecule has 0 heterocycles. The predicted octanol–water partition coefficient (Wildman–Crippen LogP) is -0.696. The fourth-order valence-corrected chi connectivity index (χ4v) is 3.79. The van der Waals surface area contributed by atoms with Crippen LogP contribution < -0.4 is 27.4 Å². The number of aromatic hydroxyl groups is 1. The van der Waals surface area contributed by atoms with E-state index in [2.05, 4.69) is 41.2 Å². The summed E-state index contributed by atoms with van der Waals surface area (Å²) in [5.74, 6) is -2.58. The number of primary amides is 1. The maximum Gasteiger partial charge on any atom is 0.244 e. The number of phenols is 1. The molecule has 4 atom stereocenters. The van der Waals surface area contributed by atoms with Gasteiger partial charge >= 0.3 is 0 Å². The molecule has 0 saturated carbocycles. The van der Waals surface area contributed by atoms with Crippen LogP contribution >= 0.6 is 25.3 Å². The van der Waals surface area contributed by atoms with Gasteiger partial charge in [-0.1, -0.05) is 42.5 Å².